The predicted molar refractivity (Wildman–Crippen MR) is 82.9 cm³/mol. The Hall–Kier alpha value is -2.12. The monoisotopic (exact) mass is 278 g/mol. The van der Waals surface area contributed by atoms with Gasteiger partial charge >= 0.3 is 0 Å². The van der Waals surface area contributed by atoms with Crippen LogP contribution in [0.2, 0.25) is 0 Å². The van der Waals surface area contributed by atoms with Gasteiger partial charge in [0.05, 0.1) is 17.1 Å². The minimum atomic E-state index is 0.330. The summed E-state index contributed by atoms with van der Waals surface area (Å²) in [7, 11) is 0. The lowest BCUT2D eigenvalue weighted by Gasteiger charge is -2.20. The van der Waals surface area contributed by atoms with Crippen LogP contribution in [-0.4, -0.2) is 24.1 Å². The Morgan fingerprint density at radius 2 is 2.10 bits per heavy atom. The smallest absolute Gasteiger partial charge is 0.130 e. The highest BCUT2D eigenvalue weighted by Crippen LogP contribution is 2.39. The normalized spacial score (nSPS) is 27.8. The van der Waals surface area contributed by atoms with Crippen molar-refractivity contribution in [1.29, 1.82) is 5.26 Å². The predicted octanol–water partition coefficient (Wildman–Crippen LogP) is 2.28. The number of fused-ring (bicyclic) bond motifs is 2. The van der Waals surface area contributed by atoms with Crippen LogP contribution in [0, 0.1) is 23.2 Å². The maximum atomic E-state index is 9.39. The van der Waals surface area contributed by atoms with Crippen LogP contribution >= 0.6 is 0 Å². The number of nitriles is 1. The van der Waals surface area contributed by atoms with E-state index in [-0.39, 0.29) is 0 Å². The number of nitrogens with zero attached hydrogens (tertiary/aromatic N) is 3. The molecule has 1 aromatic heterocycles. The van der Waals surface area contributed by atoms with E-state index in [0.717, 1.165) is 36.2 Å². The quantitative estimate of drug-likeness (QED) is 0.869. The third-order valence-corrected chi connectivity index (χ3v) is 5.06. The summed E-state index contributed by atoms with van der Waals surface area (Å²) in [6.45, 7) is 2.00. The lowest BCUT2D eigenvalue weighted by atomic mass is 9.98. The summed E-state index contributed by atoms with van der Waals surface area (Å²) in [6, 6.07) is 12.4. The summed E-state index contributed by atoms with van der Waals surface area (Å²) in [5.74, 6) is 2.20. The van der Waals surface area contributed by atoms with Gasteiger partial charge in [-0.3, -0.25) is 0 Å². The molecule has 0 amide bonds. The molecule has 1 aliphatic carbocycles. The molecule has 3 atom stereocenters. The molecule has 1 aliphatic heterocycles. The van der Waals surface area contributed by atoms with Gasteiger partial charge in [-0.1, -0.05) is 18.2 Å². The second-order valence-electron chi connectivity index (χ2n) is 6.23. The van der Waals surface area contributed by atoms with E-state index in [9.17, 15) is 5.26 Å². The molecule has 3 unspecified atom stereocenters. The van der Waals surface area contributed by atoms with Gasteiger partial charge in [-0.05, 0) is 36.8 Å². The number of benzene rings is 1. The molecule has 1 aromatic carbocycles. The van der Waals surface area contributed by atoms with Gasteiger partial charge in [0.2, 0.25) is 0 Å². The van der Waals surface area contributed by atoms with Gasteiger partial charge in [-0.2, -0.15) is 5.26 Å². The van der Waals surface area contributed by atoms with Crippen molar-refractivity contribution in [2.75, 3.05) is 18.0 Å². The van der Waals surface area contributed by atoms with Crippen molar-refractivity contribution < 1.29 is 0 Å². The second-order valence-corrected chi connectivity index (χ2v) is 6.23. The van der Waals surface area contributed by atoms with E-state index in [4.69, 9.17) is 10.7 Å². The Kier molecular flexibility index (Phi) is 2.83. The minimum Gasteiger partial charge on any atom is -0.356 e. The average Bonchev–Trinajstić information content (AvgIpc) is 3.08. The fourth-order valence-corrected chi connectivity index (χ4v) is 3.91. The Balaban J connectivity index is 1.73. The number of hydrogen-bond acceptors (Lipinski definition) is 4. The van der Waals surface area contributed by atoms with Crippen LogP contribution in [-0.2, 0) is 0 Å². The summed E-state index contributed by atoms with van der Waals surface area (Å²) < 4.78 is 0. The molecule has 2 fully saturated rings. The van der Waals surface area contributed by atoms with Crippen molar-refractivity contribution in [1.82, 2.24) is 4.98 Å². The first-order valence-corrected chi connectivity index (χ1v) is 7.56. The lowest BCUT2D eigenvalue weighted by molar-refractivity contribution is 0.453. The summed E-state index contributed by atoms with van der Waals surface area (Å²) in [4.78, 5) is 7.06. The molecule has 2 heterocycles. The van der Waals surface area contributed by atoms with Crippen LogP contribution in [0.4, 0.5) is 5.82 Å². The number of aromatic nitrogens is 1. The van der Waals surface area contributed by atoms with E-state index in [2.05, 4.69) is 11.0 Å². The van der Waals surface area contributed by atoms with Crippen molar-refractivity contribution in [3.05, 3.63) is 35.9 Å². The molecule has 0 bridgehead atoms. The van der Waals surface area contributed by atoms with Gasteiger partial charge in [-0.25, -0.2) is 4.98 Å². The Morgan fingerprint density at radius 1 is 1.24 bits per heavy atom. The number of hydrogen-bond donors (Lipinski definition) is 1. The fourth-order valence-electron chi connectivity index (χ4n) is 3.91. The molecular weight excluding hydrogens is 260 g/mol. The molecule has 1 saturated carbocycles. The molecule has 2 aromatic rings. The zero-order chi connectivity index (χ0) is 14.4. The second kappa shape index (κ2) is 4.71. The van der Waals surface area contributed by atoms with Gasteiger partial charge in [0.25, 0.3) is 0 Å². The maximum absolute atomic E-state index is 9.39. The molecule has 1 saturated heterocycles. The molecule has 0 radical (unpaired) electrons. The SMILES string of the molecule is N#Cc1cc(N2CC3CCC(N)C3C2)nc2ccccc12. The van der Waals surface area contributed by atoms with Crippen molar-refractivity contribution in [3.8, 4) is 6.07 Å². The fraction of sp³-hybridized carbons (Fsp3) is 0.412. The van der Waals surface area contributed by atoms with Crippen molar-refractivity contribution in [3.63, 3.8) is 0 Å². The van der Waals surface area contributed by atoms with Gasteiger partial charge < -0.3 is 10.6 Å². The third kappa shape index (κ3) is 1.97. The van der Waals surface area contributed by atoms with E-state index < -0.39 is 0 Å². The van der Waals surface area contributed by atoms with Crippen molar-refractivity contribution >= 4 is 16.7 Å². The van der Waals surface area contributed by atoms with Crippen LogP contribution in [0.1, 0.15) is 18.4 Å². The molecule has 2 aliphatic rings. The summed E-state index contributed by atoms with van der Waals surface area (Å²) in [5, 5.41) is 10.3. The van der Waals surface area contributed by atoms with Crippen LogP contribution in [0.3, 0.4) is 0 Å². The number of anilines is 1. The highest BCUT2D eigenvalue weighted by atomic mass is 15.2. The average molecular weight is 278 g/mol. The van der Waals surface area contributed by atoms with Crippen LogP contribution in [0.25, 0.3) is 10.9 Å². The van der Waals surface area contributed by atoms with Crippen LogP contribution < -0.4 is 10.6 Å². The van der Waals surface area contributed by atoms with E-state index in [1.807, 2.05) is 30.3 Å². The molecular formula is C17H18N4. The highest BCUT2D eigenvalue weighted by Gasteiger charge is 2.41. The zero-order valence-electron chi connectivity index (χ0n) is 11.9. The van der Waals surface area contributed by atoms with Crippen molar-refractivity contribution in [2.24, 2.45) is 17.6 Å². The Bertz CT molecular complexity index is 733. The van der Waals surface area contributed by atoms with Gasteiger partial charge in [0, 0.05) is 24.5 Å². The first kappa shape index (κ1) is 12.6. The number of nitrogens with two attached hydrogens (primary N) is 1. The third-order valence-electron chi connectivity index (χ3n) is 5.06. The number of para-hydroxylation sites is 1. The Labute approximate surface area is 124 Å². The maximum Gasteiger partial charge on any atom is 0.130 e. The van der Waals surface area contributed by atoms with Gasteiger partial charge in [-0.15, -0.1) is 0 Å². The van der Waals surface area contributed by atoms with E-state index in [0.29, 0.717) is 23.4 Å². The topological polar surface area (TPSA) is 65.9 Å². The van der Waals surface area contributed by atoms with Crippen LogP contribution in [0.5, 0.6) is 0 Å². The van der Waals surface area contributed by atoms with E-state index >= 15 is 0 Å². The molecule has 4 nitrogen and oxygen atoms in total. The van der Waals surface area contributed by atoms with Gasteiger partial charge in [0.1, 0.15) is 5.82 Å². The van der Waals surface area contributed by atoms with E-state index in [1.165, 1.54) is 6.42 Å². The first-order chi connectivity index (χ1) is 10.3. The van der Waals surface area contributed by atoms with Gasteiger partial charge in [0.15, 0.2) is 0 Å². The summed E-state index contributed by atoms with van der Waals surface area (Å²) >= 11 is 0. The molecule has 4 rings (SSSR count). The molecule has 0 spiro atoms. The molecule has 4 heteroatoms. The zero-order valence-corrected chi connectivity index (χ0v) is 11.9. The standard InChI is InChI=1S/C17H18N4/c18-8-12-7-17(20-16-4-2-1-3-13(12)16)21-9-11-5-6-15(19)14(11)10-21/h1-4,7,11,14-15H,5-6,9-10,19H2. The Morgan fingerprint density at radius 3 is 2.90 bits per heavy atom. The molecule has 21 heavy (non-hydrogen) atoms. The van der Waals surface area contributed by atoms with E-state index in [1.54, 1.807) is 0 Å². The molecule has 2 N–H and O–H groups in total. The molecule has 106 valence electrons. The largest absolute Gasteiger partial charge is 0.356 e. The summed E-state index contributed by atoms with van der Waals surface area (Å²) in [5.41, 5.74) is 7.81. The first-order valence-electron chi connectivity index (χ1n) is 7.56. The summed E-state index contributed by atoms with van der Waals surface area (Å²) in [6.07, 6.45) is 2.37. The minimum absolute atomic E-state index is 0.330. The van der Waals surface area contributed by atoms with Crippen molar-refractivity contribution in [2.45, 2.75) is 18.9 Å². The highest BCUT2D eigenvalue weighted by molar-refractivity contribution is 5.86. The number of pyridine rings is 1. The number of rotatable bonds is 1. The lowest BCUT2D eigenvalue weighted by Crippen LogP contribution is -2.30. The van der Waals surface area contributed by atoms with Crippen LogP contribution in [0.15, 0.2) is 30.3 Å².